The van der Waals surface area contributed by atoms with Crippen LogP contribution in [0.3, 0.4) is 0 Å². The predicted octanol–water partition coefficient (Wildman–Crippen LogP) is 4.49. The number of aliphatic carboxylic acids is 1. The van der Waals surface area contributed by atoms with Crippen LogP contribution in [0.25, 0.3) is 11.3 Å². The number of halogens is 2. The van der Waals surface area contributed by atoms with Crippen LogP contribution < -0.4 is 5.32 Å². The smallest absolute Gasteiger partial charge is 0.305 e. The van der Waals surface area contributed by atoms with Gasteiger partial charge in [0.25, 0.3) is 5.91 Å². The number of nitrogens with zero attached hydrogens (tertiary/aromatic N) is 1. The van der Waals surface area contributed by atoms with Crippen molar-refractivity contribution in [3.63, 3.8) is 0 Å². The van der Waals surface area contributed by atoms with Gasteiger partial charge in [0.1, 0.15) is 11.5 Å². The van der Waals surface area contributed by atoms with E-state index < -0.39 is 23.7 Å². The molecule has 1 heterocycles. The van der Waals surface area contributed by atoms with Crippen LogP contribution in [0.15, 0.2) is 66.7 Å². The van der Waals surface area contributed by atoms with E-state index in [0.717, 1.165) is 0 Å². The summed E-state index contributed by atoms with van der Waals surface area (Å²) in [6.45, 7) is 0. The summed E-state index contributed by atoms with van der Waals surface area (Å²) in [5, 5.41) is 12.3. The third-order valence-corrected chi connectivity index (χ3v) is 4.34. The van der Waals surface area contributed by atoms with Gasteiger partial charge in [-0.15, -0.1) is 0 Å². The fourth-order valence-corrected chi connectivity index (χ4v) is 2.86. The maximum atomic E-state index is 14.0. The number of carbonyl (C=O) groups is 2. The molecular formula is C21H16ClFN2O3. The third-order valence-electron chi connectivity index (χ3n) is 4.09. The van der Waals surface area contributed by atoms with Gasteiger partial charge in [-0.05, 0) is 42.0 Å². The second-order valence-corrected chi connectivity index (χ2v) is 6.50. The molecule has 2 N–H and O–H groups in total. The molecule has 2 aromatic carbocycles. The van der Waals surface area contributed by atoms with Gasteiger partial charge in [0.15, 0.2) is 0 Å². The lowest BCUT2D eigenvalue weighted by atomic mass is 10.0. The van der Waals surface area contributed by atoms with Gasteiger partial charge in [-0.25, -0.2) is 9.37 Å². The molecule has 0 aliphatic heterocycles. The Morgan fingerprint density at radius 2 is 1.75 bits per heavy atom. The van der Waals surface area contributed by atoms with Crippen molar-refractivity contribution in [3.8, 4) is 11.3 Å². The number of aromatic nitrogens is 1. The highest BCUT2D eigenvalue weighted by molar-refractivity contribution is 6.30. The molecule has 3 aromatic rings. The fraction of sp³-hybridized carbons (Fsp3) is 0.0952. The average Bonchev–Trinajstić information content (AvgIpc) is 2.68. The summed E-state index contributed by atoms with van der Waals surface area (Å²) < 4.78 is 14.0. The molecule has 0 aliphatic carbocycles. The number of carboxylic acid groups (broad SMARTS) is 1. The number of carboxylic acids is 1. The van der Waals surface area contributed by atoms with Gasteiger partial charge in [-0.1, -0.05) is 41.9 Å². The van der Waals surface area contributed by atoms with Crippen LogP contribution in [-0.4, -0.2) is 22.0 Å². The van der Waals surface area contributed by atoms with E-state index in [1.807, 2.05) is 0 Å². The molecule has 0 bridgehead atoms. The topological polar surface area (TPSA) is 79.3 Å². The lowest BCUT2D eigenvalue weighted by Gasteiger charge is -2.17. The van der Waals surface area contributed by atoms with Crippen molar-refractivity contribution in [1.82, 2.24) is 10.3 Å². The van der Waals surface area contributed by atoms with Gasteiger partial charge in [0.05, 0.1) is 18.2 Å². The normalized spacial score (nSPS) is 11.6. The first-order chi connectivity index (χ1) is 13.4. The van der Waals surface area contributed by atoms with E-state index in [-0.39, 0.29) is 17.7 Å². The fourth-order valence-electron chi connectivity index (χ4n) is 2.73. The van der Waals surface area contributed by atoms with Crippen LogP contribution in [0.1, 0.15) is 28.5 Å². The van der Waals surface area contributed by atoms with Crippen LogP contribution in [0, 0.1) is 5.82 Å². The summed E-state index contributed by atoms with van der Waals surface area (Å²) in [5.74, 6) is -2.06. The number of rotatable bonds is 6. The van der Waals surface area contributed by atoms with Crippen molar-refractivity contribution in [2.24, 2.45) is 0 Å². The van der Waals surface area contributed by atoms with Gasteiger partial charge in [0.2, 0.25) is 0 Å². The Labute approximate surface area is 165 Å². The molecule has 0 saturated carbocycles. The van der Waals surface area contributed by atoms with Crippen LogP contribution >= 0.6 is 11.6 Å². The molecule has 1 unspecified atom stereocenters. The molecule has 1 aromatic heterocycles. The summed E-state index contributed by atoms with van der Waals surface area (Å²) in [6.07, 6.45) is -0.305. The zero-order valence-corrected chi connectivity index (χ0v) is 15.4. The van der Waals surface area contributed by atoms with Gasteiger partial charge < -0.3 is 10.4 Å². The molecule has 142 valence electrons. The van der Waals surface area contributed by atoms with Crippen molar-refractivity contribution >= 4 is 23.5 Å². The number of pyridine rings is 1. The van der Waals surface area contributed by atoms with E-state index >= 15 is 0 Å². The first kappa shape index (κ1) is 19.5. The van der Waals surface area contributed by atoms with E-state index in [2.05, 4.69) is 10.3 Å². The number of hydrogen-bond donors (Lipinski definition) is 2. The molecule has 0 aliphatic rings. The van der Waals surface area contributed by atoms with Gasteiger partial charge in [0, 0.05) is 10.6 Å². The Morgan fingerprint density at radius 1 is 1.04 bits per heavy atom. The maximum absolute atomic E-state index is 14.0. The SMILES string of the molecule is O=C(O)CC(NC(=O)c1cccc(-c2ccccc2F)n1)c1ccc(Cl)cc1. The number of nitrogens with one attached hydrogen (secondary N) is 1. The standard InChI is InChI=1S/C21H16ClFN2O3/c22-14-10-8-13(9-11-14)19(12-20(26)27)25-21(28)18-7-3-6-17(24-18)15-4-1-2-5-16(15)23/h1-11,19H,12H2,(H,25,28)(H,26,27). The average molecular weight is 399 g/mol. The van der Waals surface area contributed by atoms with Crippen molar-refractivity contribution in [2.75, 3.05) is 0 Å². The van der Waals surface area contributed by atoms with Crippen LogP contribution in [-0.2, 0) is 4.79 Å². The number of carbonyl (C=O) groups excluding carboxylic acids is 1. The number of amides is 1. The second kappa shape index (κ2) is 8.63. The second-order valence-electron chi connectivity index (χ2n) is 6.06. The zero-order valence-electron chi connectivity index (χ0n) is 14.6. The third kappa shape index (κ3) is 4.72. The van der Waals surface area contributed by atoms with Crippen molar-refractivity contribution in [1.29, 1.82) is 0 Å². The summed E-state index contributed by atoms with van der Waals surface area (Å²) >= 11 is 5.87. The van der Waals surface area contributed by atoms with Crippen LogP contribution in [0.4, 0.5) is 4.39 Å². The van der Waals surface area contributed by atoms with Crippen LogP contribution in [0.2, 0.25) is 5.02 Å². The number of hydrogen-bond acceptors (Lipinski definition) is 3. The first-order valence-electron chi connectivity index (χ1n) is 8.44. The van der Waals surface area contributed by atoms with E-state index in [9.17, 15) is 19.1 Å². The van der Waals surface area contributed by atoms with E-state index in [0.29, 0.717) is 16.3 Å². The molecule has 0 fully saturated rings. The molecule has 1 amide bonds. The zero-order chi connectivity index (χ0) is 20.1. The van der Waals surface area contributed by atoms with E-state index in [4.69, 9.17) is 11.6 Å². The summed E-state index contributed by atoms with van der Waals surface area (Å²) in [7, 11) is 0. The summed E-state index contributed by atoms with van der Waals surface area (Å²) in [4.78, 5) is 28.1. The Balaban J connectivity index is 1.86. The maximum Gasteiger partial charge on any atom is 0.305 e. The molecule has 28 heavy (non-hydrogen) atoms. The lowest BCUT2D eigenvalue weighted by molar-refractivity contribution is -0.137. The van der Waals surface area contributed by atoms with Crippen molar-refractivity contribution in [2.45, 2.75) is 12.5 Å². The van der Waals surface area contributed by atoms with Crippen LogP contribution in [0.5, 0.6) is 0 Å². The highest BCUT2D eigenvalue weighted by Gasteiger charge is 2.20. The molecule has 5 nitrogen and oxygen atoms in total. The lowest BCUT2D eigenvalue weighted by Crippen LogP contribution is -2.30. The molecule has 0 radical (unpaired) electrons. The Hall–Kier alpha value is -3.25. The summed E-state index contributed by atoms with van der Waals surface area (Å²) in [6, 6.07) is 16.6. The Kier molecular flexibility index (Phi) is 6.01. The minimum absolute atomic E-state index is 0.0603. The van der Waals surface area contributed by atoms with Gasteiger partial charge in [-0.3, -0.25) is 9.59 Å². The summed E-state index contributed by atoms with van der Waals surface area (Å²) in [5.41, 5.74) is 1.25. The quantitative estimate of drug-likeness (QED) is 0.641. The molecule has 0 saturated heterocycles. The molecule has 1 atom stereocenters. The predicted molar refractivity (Wildman–Crippen MR) is 104 cm³/mol. The number of benzene rings is 2. The van der Waals surface area contributed by atoms with Crippen molar-refractivity contribution < 1.29 is 19.1 Å². The highest BCUT2D eigenvalue weighted by Crippen LogP contribution is 2.22. The van der Waals surface area contributed by atoms with E-state index in [1.165, 1.54) is 12.1 Å². The minimum Gasteiger partial charge on any atom is -0.481 e. The van der Waals surface area contributed by atoms with Gasteiger partial charge >= 0.3 is 5.97 Å². The Morgan fingerprint density at radius 3 is 2.43 bits per heavy atom. The van der Waals surface area contributed by atoms with Crippen molar-refractivity contribution in [3.05, 3.63) is 88.8 Å². The molecule has 7 heteroatoms. The highest BCUT2D eigenvalue weighted by atomic mass is 35.5. The first-order valence-corrected chi connectivity index (χ1v) is 8.82. The largest absolute Gasteiger partial charge is 0.481 e. The Bertz CT molecular complexity index is 1010. The molecule has 0 spiro atoms. The molecule has 3 rings (SSSR count). The van der Waals surface area contributed by atoms with E-state index in [1.54, 1.807) is 54.6 Å². The van der Waals surface area contributed by atoms with Gasteiger partial charge in [-0.2, -0.15) is 0 Å². The monoisotopic (exact) mass is 398 g/mol. The molecular weight excluding hydrogens is 383 g/mol. The minimum atomic E-state index is -1.06.